The molecule has 2 N–H and O–H groups in total. The first-order chi connectivity index (χ1) is 10.2. The molecule has 2 aromatic rings. The Balaban J connectivity index is 1.75. The van der Waals surface area contributed by atoms with Crippen LogP contribution >= 0.6 is 11.3 Å². The third kappa shape index (κ3) is 4.99. The minimum Gasteiger partial charge on any atom is -0.344 e. The van der Waals surface area contributed by atoms with Gasteiger partial charge in [0.1, 0.15) is 0 Å². The van der Waals surface area contributed by atoms with Gasteiger partial charge in [0.25, 0.3) is 0 Å². The first kappa shape index (κ1) is 15.7. The van der Waals surface area contributed by atoms with Gasteiger partial charge in [-0.3, -0.25) is 4.79 Å². The molecule has 1 aromatic heterocycles. The fourth-order valence-corrected chi connectivity index (χ4v) is 2.91. The van der Waals surface area contributed by atoms with E-state index in [4.69, 9.17) is 5.73 Å². The number of nitrogens with zero attached hydrogens (tertiary/aromatic N) is 1. The number of rotatable bonds is 7. The van der Waals surface area contributed by atoms with E-state index in [0.29, 0.717) is 6.42 Å². The van der Waals surface area contributed by atoms with Crippen molar-refractivity contribution in [3.63, 3.8) is 0 Å². The summed E-state index contributed by atoms with van der Waals surface area (Å²) in [6.45, 7) is 0.721. The summed E-state index contributed by atoms with van der Waals surface area (Å²) in [5.41, 5.74) is 7.25. The molecule has 1 aromatic carbocycles. The molecule has 4 heteroatoms. The Kier molecular flexibility index (Phi) is 5.96. The van der Waals surface area contributed by atoms with Crippen LogP contribution in [0.2, 0.25) is 0 Å². The van der Waals surface area contributed by atoms with Gasteiger partial charge in [-0.2, -0.15) is 0 Å². The first-order valence-corrected chi connectivity index (χ1v) is 8.11. The van der Waals surface area contributed by atoms with Crippen LogP contribution in [0.15, 0.2) is 47.8 Å². The highest BCUT2D eigenvalue weighted by Gasteiger charge is 2.17. The molecule has 3 nitrogen and oxygen atoms in total. The molecule has 0 radical (unpaired) electrons. The Hall–Kier alpha value is -1.65. The van der Waals surface area contributed by atoms with Gasteiger partial charge in [-0.05, 0) is 36.3 Å². The topological polar surface area (TPSA) is 46.3 Å². The lowest BCUT2D eigenvalue weighted by atomic mass is 10.0. The van der Waals surface area contributed by atoms with E-state index in [1.54, 1.807) is 16.2 Å². The molecule has 1 unspecified atom stereocenters. The van der Waals surface area contributed by atoms with Crippen molar-refractivity contribution >= 4 is 17.2 Å². The van der Waals surface area contributed by atoms with Crippen LogP contribution in [0.25, 0.3) is 0 Å². The van der Waals surface area contributed by atoms with Gasteiger partial charge in [0.15, 0.2) is 0 Å². The van der Waals surface area contributed by atoms with E-state index in [1.165, 1.54) is 10.4 Å². The molecule has 0 fully saturated rings. The van der Waals surface area contributed by atoms with E-state index >= 15 is 0 Å². The largest absolute Gasteiger partial charge is 0.344 e. The SMILES string of the molecule is CN(CCc1cccs1)C(=O)C(N)CCc1ccccc1. The number of benzene rings is 1. The summed E-state index contributed by atoms with van der Waals surface area (Å²) in [6, 6.07) is 13.9. The number of hydrogen-bond acceptors (Lipinski definition) is 3. The third-order valence-electron chi connectivity index (χ3n) is 3.55. The van der Waals surface area contributed by atoms with Crippen molar-refractivity contribution in [1.82, 2.24) is 4.90 Å². The van der Waals surface area contributed by atoms with Crippen LogP contribution in [-0.2, 0) is 17.6 Å². The molecule has 0 bridgehead atoms. The molecule has 1 amide bonds. The van der Waals surface area contributed by atoms with Gasteiger partial charge in [-0.15, -0.1) is 11.3 Å². The second-order valence-corrected chi connectivity index (χ2v) is 6.25. The number of hydrogen-bond donors (Lipinski definition) is 1. The third-order valence-corrected chi connectivity index (χ3v) is 4.49. The van der Waals surface area contributed by atoms with Crippen LogP contribution in [0.5, 0.6) is 0 Å². The molecule has 1 heterocycles. The Morgan fingerprint density at radius 3 is 2.62 bits per heavy atom. The minimum absolute atomic E-state index is 0.0301. The van der Waals surface area contributed by atoms with Crippen LogP contribution in [0.1, 0.15) is 16.9 Å². The number of carbonyl (C=O) groups is 1. The zero-order valence-corrected chi connectivity index (χ0v) is 13.2. The standard InChI is InChI=1S/C17H22N2OS/c1-19(12-11-15-8-5-13-21-15)17(20)16(18)10-9-14-6-3-2-4-7-14/h2-8,13,16H,9-12,18H2,1H3. The molecule has 0 saturated heterocycles. The van der Waals surface area contributed by atoms with Crippen molar-refractivity contribution in [2.24, 2.45) is 5.73 Å². The summed E-state index contributed by atoms with van der Waals surface area (Å²) < 4.78 is 0. The van der Waals surface area contributed by atoms with Gasteiger partial charge in [0.05, 0.1) is 6.04 Å². The molecular weight excluding hydrogens is 280 g/mol. The maximum absolute atomic E-state index is 12.2. The van der Waals surface area contributed by atoms with Crippen LogP contribution in [0.4, 0.5) is 0 Å². The van der Waals surface area contributed by atoms with Crippen molar-refractivity contribution in [3.05, 3.63) is 58.3 Å². The Bertz CT molecular complexity index is 539. The van der Waals surface area contributed by atoms with E-state index in [1.807, 2.05) is 31.3 Å². The number of nitrogens with two attached hydrogens (primary N) is 1. The number of likely N-dealkylation sites (N-methyl/N-ethyl adjacent to an activating group) is 1. The Labute approximate surface area is 130 Å². The summed E-state index contributed by atoms with van der Waals surface area (Å²) in [5.74, 6) is 0.0301. The van der Waals surface area contributed by atoms with Gasteiger partial charge in [0, 0.05) is 18.5 Å². The fourth-order valence-electron chi connectivity index (χ4n) is 2.22. The molecular formula is C17H22N2OS. The van der Waals surface area contributed by atoms with Crippen LogP contribution in [0, 0.1) is 0 Å². The van der Waals surface area contributed by atoms with Gasteiger partial charge in [0.2, 0.25) is 5.91 Å². The summed E-state index contributed by atoms with van der Waals surface area (Å²) in [7, 11) is 1.83. The highest BCUT2D eigenvalue weighted by Crippen LogP contribution is 2.10. The normalized spacial score (nSPS) is 12.1. The quantitative estimate of drug-likeness (QED) is 0.855. The smallest absolute Gasteiger partial charge is 0.239 e. The van der Waals surface area contributed by atoms with Crippen molar-refractivity contribution in [1.29, 1.82) is 0 Å². The fraction of sp³-hybridized carbons (Fsp3) is 0.353. The number of aryl methyl sites for hydroxylation is 1. The summed E-state index contributed by atoms with van der Waals surface area (Å²) in [6.07, 6.45) is 2.42. The maximum Gasteiger partial charge on any atom is 0.239 e. The molecule has 0 aliphatic heterocycles. The zero-order valence-electron chi connectivity index (χ0n) is 12.4. The zero-order chi connectivity index (χ0) is 15.1. The molecule has 21 heavy (non-hydrogen) atoms. The first-order valence-electron chi connectivity index (χ1n) is 7.23. The van der Waals surface area contributed by atoms with Crippen molar-refractivity contribution in [2.45, 2.75) is 25.3 Å². The van der Waals surface area contributed by atoms with E-state index < -0.39 is 6.04 Å². The van der Waals surface area contributed by atoms with Crippen LogP contribution in [0.3, 0.4) is 0 Å². The van der Waals surface area contributed by atoms with E-state index in [0.717, 1.165) is 19.4 Å². The lowest BCUT2D eigenvalue weighted by Gasteiger charge is -2.21. The average molecular weight is 302 g/mol. The van der Waals surface area contributed by atoms with E-state index in [2.05, 4.69) is 23.6 Å². The van der Waals surface area contributed by atoms with E-state index in [9.17, 15) is 4.79 Å². The highest BCUT2D eigenvalue weighted by atomic mass is 32.1. The number of amides is 1. The Morgan fingerprint density at radius 1 is 1.19 bits per heavy atom. The van der Waals surface area contributed by atoms with Crippen LogP contribution < -0.4 is 5.73 Å². The van der Waals surface area contributed by atoms with E-state index in [-0.39, 0.29) is 5.91 Å². The highest BCUT2D eigenvalue weighted by molar-refractivity contribution is 7.09. The Morgan fingerprint density at radius 2 is 1.95 bits per heavy atom. The minimum atomic E-state index is -0.418. The molecule has 0 spiro atoms. The predicted octanol–water partition coefficient (Wildman–Crippen LogP) is 2.71. The average Bonchev–Trinajstić information content (AvgIpc) is 3.04. The summed E-state index contributed by atoms with van der Waals surface area (Å²) in [5, 5.41) is 2.06. The monoisotopic (exact) mass is 302 g/mol. The maximum atomic E-state index is 12.2. The lowest BCUT2D eigenvalue weighted by Crippen LogP contribution is -2.42. The van der Waals surface area contributed by atoms with Crippen molar-refractivity contribution in [3.8, 4) is 0 Å². The molecule has 112 valence electrons. The molecule has 0 aliphatic rings. The predicted molar refractivity (Wildman–Crippen MR) is 88.4 cm³/mol. The van der Waals surface area contributed by atoms with Crippen molar-refractivity contribution < 1.29 is 4.79 Å². The summed E-state index contributed by atoms with van der Waals surface area (Å²) in [4.78, 5) is 15.3. The lowest BCUT2D eigenvalue weighted by molar-refractivity contribution is -0.131. The van der Waals surface area contributed by atoms with Gasteiger partial charge < -0.3 is 10.6 Å². The van der Waals surface area contributed by atoms with Crippen LogP contribution in [-0.4, -0.2) is 30.4 Å². The number of carbonyl (C=O) groups excluding carboxylic acids is 1. The summed E-state index contributed by atoms with van der Waals surface area (Å²) >= 11 is 1.72. The second-order valence-electron chi connectivity index (χ2n) is 5.22. The second kappa shape index (κ2) is 7.96. The molecule has 0 aliphatic carbocycles. The molecule has 1 atom stereocenters. The number of thiophene rings is 1. The van der Waals surface area contributed by atoms with Gasteiger partial charge >= 0.3 is 0 Å². The van der Waals surface area contributed by atoms with Crippen molar-refractivity contribution in [2.75, 3.05) is 13.6 Å². The van der Waals surface area contributed by atoms with Gasteiger partial charge in [-0.1, -0.05) is 36.4 Å². The molecule has 2 rings (SSSR count). The molecule has 0 saturated carbocycles. The van der Waals surface area contributed by atoms with Gasteiger partial charge in [-0.25, -0.2) is 0 Å².